The van der Waals surface area contributed by atoms with Gasteiger partial charge in [-0.15, -0.1) is 5.43 Å². The first-order valence-corrected chi connectivity index (χ1v) is 10.5. The van der Waals surface area contributed by atoms with Crippen molar-refractivity contribution in [2.24, 2.45) is 0 Å². The molecule has 146 valence electrons. The molecule has 0 amide bonds. The van der Waals surface area contributed by atoms with E-state index in [9.17, 15) is 10.0 Å². The fourth-order valence-corrected chi connectivity index (χ4v) is 4.73. The molecule has 3 aromatic rings. The van der Waals surface area contributed by atoms with E-state index >= 15 is 0 Å². The number of fused-ring (bicyclic) bond motifs is 1. The smallest absolute Gasteiger partial charge is 0.332 e. The van der Waals surface area contributed by atoms with Crippen molar-refractivity contribution in [3.63, 3.8) is 0 Å². The van der Waals surface area contributed by atoms with Gasteiger partial charge in [0.25, 0.3) is 0 Å². The zero-order valence-corrected chi connectivity index (χ0v) is 16.5. The second kappa shape index (κ2) is 8.41. The highest BCUT2D eigenvalue weighted by Crippen LogP contribution is 2.30. The molecule has 5 nitrogen and oxygen atoms in total. The number of nitrogens with one attached hydrogen (secondary N) is 2. The number of thiophene rings is 1. The van der Waals surface area contributed by atoms with E-state index in [0.717, 1.165) is 34.9 Å². The van der Waals surface area contributed by atoms with Crippen molar-refractivity contribution in [1.29, 1.82) is 0 Å². The highest BCUT2D eigenvalue weighted by molar-refractivity contribution is 7.22. The van der Waals surface area contributed by atoms with E-state index in [4.69, 9.17) is 4.74 Å². The Bertz CT molecular complexity index is 902. The zero-order chi connectivity index (χ0) is 19.4. The first-order chi connectivity index (χ1) is 13.7. The van der Waals surface area contributed by atoms with Gasteiger partial charge in [0.1, 0.15) is 6.61 Å². The third-order valence-corrected chi connectivity index (χ3v) is 6.43. The average molecular weight is 397 g/mol. The summed E-state index contributed by atoms with van der Waals surface area (Å²) in [6.45, 7) is 0.222. The van der Waals surface area contributed by atoms with Crippen molar-refractivity contribution in [2.45, 2.75) is 44.2 Å². The molecule has 2 N–H and O–H groups in total. The molecule has 1 atom stereocenters. The Morgan fingerprint density at radius 2 is 1.79 bits per heavy atom. The minimum Gasteiger partial charge on any atom is -0.607 e. The Balaban J connectivity index is 1.50. The van der Waals surface area contributed by atoms with Gasteiger partial charge in [0.05, 0.1) is 0 Å². The van der Waals surface area contributed by atoms with Crippen LogP contribution in [0.25, 0.3) is 10.1 Å². The molecule has 28 heavy (non-hydrogen) atoms. The fraction of sp³-hybridized carbons (Fsp3) is 0.318. The quantitative estimate of drug-likeness (QED) is 0.490. The van der Waals surface area contributed by atoms with Crippen molar-refractivity contribution in [2.75, 3.05) is 0 Å². The molecule has 0 spiro atoms. The summed E-state index contributed by atoms with van der Waals surface area (Å²) in [6.07, 6.45) is 4.14. The number of rotatable bonds is 6. The molecule has 1 saturated carbocycles. The number of hydrogen-bond donors (Lipinski definition) is 2. The predicted molar refractivity (Wildman–Crippen MR) is 111 cm³/mol. The van der Waals surface area contributed by atoms with Gasteiger partial charge in [-0.2, -0.15) is 0 Å². The van der Waals surface area contributed by atoms with Crippen LogP contribution in [0.2, 0.25) is 0 Å². The summed E-state index contributed by atoms with van der Waals surface area (Å²) in [6, 6.07) is 19.4. The molecule has 0 saturated heterocycles. The van der Waals surface area contributed by atoms with Gasteiger partial charge in [-0.3, -0.25) is 5.17 Å². The second-order valence-corrected chi connectivity index (χ2v) is 8.39. The lowest BCUT2D eigenvalue weighted by Crippen LogP contribution is -3.12. The van der Waals surface area contributed by atoms with E-state index in [1.54, 1.807) is 0 Å². The first kappa shape index (κ1) is 19.1. The minimum atomic E-state index is -0.930. The standard InChI is InChI=1S/C22H24N2O3S/c25-21(27-16-17-9-3-1-4-10-17)22(13-7-2-8-14-22)23-24(26)20-15-18-11-5-6-12-19(18)28-20/h1,3-6,9-12,15,23-24H,2,7-8,13-14,16H2. The van der Waals surface area contributed by atoms with Crippen LogP contribution in [0, 0.1) is 5.21 Å². The van der Waals surface area contributed by atoms with Crippen LogP contribution in [0.5, 0.6) is 0 Å². The van der Waals surface area contributed by atoms with E-state index in [-0.39, 0.29) is 17.7 Å². The molecule has 0 bridgehead atoms. The molecule has 6 heteroatoms. The number of ether oxygens (including phenoxy) is 1. The molecule has 0 aliphatic heterocycles. The van der Waals surface area contributed by atoms with Gasteiger partial charge < -0.3 is 9.94 Å². The van der Waals surface area contributed by atoms with Gasteiger partial charge in [-0.25, -0.2) is 4.79 Å². The maximum Gasteiger partial charge on any atom is 0.332 e. The van der Waals surface area contributed by atoms with Crippen LogP contribution in [-0.2, 0) is 16.1 Å². The highest BCUT2D eigenvalue weighted by Gasteiger charge is 2.44. The molecule has 4 rings (SSSR count). The highest BCUT2D eigenvalue weighted by atomic mass is 32.1. The van der Waals surface area contributed by atoms with Gasteiger partial charge in [0.15, 0.2) is 5.54 Å². The van der Waals surface area contributed by atoms with Crippen LogP contribution in [-0.4, -0.2) is 11.5 Å². The summed E-state index contributed by atoms with van der Waals surface area (Å²) in [5.74, 6) is -0.328. The maximum absolute atomic E-state index is 13.0. The number of benzene rings is 2. The second-order valence-electron chi connectivity index (χ2n) is 7.31. The van der Waals surface area contributed by atoms with E-state index in [1.165, 1.54) is 11.3 Å². The third kappa shape index (κ3) is 4.10. The predicted octanol–water partition coefficient (Wildman–Crippen LogP) is 3.87. The Morgan fingerprint density at radius 3 is 2.54 bits per heavy atom. The summed E-state index contributed by atoms with van der Waals surface area (Å²) in [5, 5.41) is 14.4. The lowest BCUT2D eigenvalue weighted by Gasteiger charge is -2.38. The first-order valence-electron chi connectivity index (χ1n) is 9.69. The van der Waals surface area contributed by atoms with Crippen LogP contribution < -0.4 is 10.6 Å². The van der Waals surface area contributed by atoms with Crippen LogP contribution >= 0.6 is 11.3 Å². The molecular formula is C22H24N2O3S. The lowest BCUT2D eigenvalue weighted by molar-refractivity contribution is -0.833. The number of esters is 1. The summed E-state index contributed by atoms with van der Waals surface area (Å²) >= 11 is 1.45. The van der Waals surface area contributed by atoms with Gasteiger partial charge in [-0.1, -0.05) is 79.1 Å². The Kier molecular flexibility index (Phi) is 5.73. The fourth-order valence-electron chi connectivity index (χ4n) is 3.77. The molecule has 1 heterocycles. The van der Waals surface area contributed by atoms with Crippen LogP contribution in [0.1, 0.15) is 37.7 Å². The van der Waals surface area contributed by atoms with Crippen molar-refractivity contribution in [1.82, 2.24) is 5.43 Å². The molecule has 1 unspecified atom stereocenters. The van der Waals surface area contributed by atoms with E-state index in [0.29, 0.717) is 17.8 Å². The van der Waals surface area contributed by atoms with Crippen LogP contribution in [0.4, 0.5) is 5.00 Å². The summed E-state index contributed by atoms with van der Waals surface area (Å²) < 4.78 is 6.68. The van der Waals surface area contributed by atoms with Crippen molar-refractivity contribution >= 4 is 32.4 Å². The Labute approximate surface area is 168 Å². The largest absolute Gasteiger partial charge is 0.607 e. The average Bonchev–Trinajstić information content (AvgIpc) is 3.18. The molecule has 1 fully saturated rings. The lowest BCUT2D eigenvalue weighted by atomic mass is 9.82. The molecule has 1 aliphatic carbocycles. The van der Waals surface area contributed by atoms with Gasteiger partial charge >= 0.3 is 5.97 Å². The maximum atomic E-state index is 13.0. The third-order valence-electron chi connectivity index (χ3n) is 5.31. The number of hydrogen-bond acceptors (Lipinski definition) is 5. The zero-order valence-electron chi connectivity index (χ0n) is 15.6. The summed E-state index contributed by atoms with van der Waals surface area (Å²) in [4.78, 5) is 13.0. The molecule has 1 aliphatic rings. The minimum absolute atomic E-state index is 0.195. The normalized spacial score (nSPS) is 17.3. The molecule has 0 radical (unpaired) electrons. The molecule has 1 aromatic heterocycles. The van der Waals surface area contributed by atoms with Crippen molar-refractivity contribution < 1.29 is 14.7 Å². The monoisotopic (exact) mass is 396 g/mol. The van der Waals surface area contributed by atoms with E-state index in [2.05, 4.69) is 5.43 Å². The van der Waals surface area contributed by atoms with Gasteiger partial charge in [0.2, 0.25) is 5.00 Å². The van der Waals surface area contributed by atoms with Crippen LogP contribution in [0.15, 0.2) is 60.7 Å². The molecular weight excluding hydrogens is 372 g/mol. The molecule has 2 aromatic carbocycles. The Hall–Kier alpha value is -2.25. The summed E-state index contributed by atoms with van der Waals surface area (Å²) in [7, 11) is 0. The van der Waals surface area contributed by atoms with E-state index in [1.807, 2.05) is 60.7 Å². The topological polar surface area (TPSA) is 65.8 Å². The van der Waals surface area contributed by atoms with Gasteiger partial charge in [-0.05, 0) is 29.9 Å². The van der Waals surface area contributed by atoms with E-state index < -0.39 is 5.54 Å². The Morgan fingerprint density at radius 1 is 1.07 bits per heavy atom. The van der Waals surface area contributed by atoms with Crippen molar-refractivity contribution in [3.8, 4) is 0 Å². The summed E-state index contributed by atoms with van der Waals surface area (Å²) in [5.41, 5.74) is 3.05. The number of quaternary nitrogens is 1. The van der Waals surface area contributed by atoms with Gasteiger partial charge in [0, 0.05) is 10.8 Å². The number of carbonyl (C=O) groups excluding carboxylic acids is 1. The SMILES string of the molecule is O=C(OCc1ccccc1)C1(N[NH+]([O-])c2cc3ccccc3s2)CCCCC1. The van der Waals surface area contributed by atoms with Crippen LogP contribution in [0.3, 0.4) is 0 Å². The number of carbonyl (C=O) groups is 1. The van der Waals surface area contributed by atoms with Crippen molar-refractivity contribution in [3.05, 3.63) is 71.4 Å².